The van der Waals surface area contributed by atoms with Crippen LogP contribution in [0, 0.1) is 0 Å². The van der Waals surface area contributed by atoms with Crippen molar-refractivity contribution in [2.24, 2.45) is 5.73 Å². The first-order valence-electron chi connectivity index (χ1n) is 13.9. The average molecular weight is 664 g/mol. The van der Waals surface area contributed by atoms with Crippen LogP contribution in [0.4, 0.5) is 0 Å². The largest absolute Gasteiger partial charge is 0.508 e. The van der Waals surface area contributed by atoms with Crippen molar-refractivity contribution in [3.8, 4) is 5.75 Å². The number of phenolic OH excluding ortho intramolecular Hbond substituents is 1. The summed E-state index contributed by atoms with van der Waals surface area (Å²) < 4.78 is -2.14. The summed E-state index contributed by atoms with van der Waals surface area (Å²) in [5, 5.41) is 30.1. The molecular formula is C30H41N5O8S2. The fourth-order valence-corrected chi connectivity index (χ4v) is 7.26. The SMILES string of the molecule is CC1(C)SSC(C)(C)[C@@H](NC(=O)[C@@H](N)Cc2ccc(O)cc2)C(=O)NCC(=O)N[C@@H](Cc2ccccc2)C(=O)N[C@H]1C(=O)O.O. The minimum absolute atomic E-state index is 0. The monoisotopic (exact) mass is 663 g/mol. The average Bonchev–Trinajstić information content (AvgIpc) is 2.96. The maximum atomic E-state index is 13.5. The Hall–Kier alpha value is -3.79. The molecule has 3 rings (SSSR count). The summed E-state index contributed by atoms with van der Waals surface area (Å²) in [4.78, 5) is 65.4. The molecule has 0 spiro atoms. The summed E-state index contributed by atoms with van der Waals surface area (Å²) in [6, 6.07) is 10.5. The lowest BCUT2D eigenvalue weighted by Crippen LogP contribution is -2.61. The molecule has 0 saturated carbocycles. The second-order valence-electron chi connectivity index (χ2n) is 11.6. The molecule has 10 N–H and O–H groups in total. The van der Waals surface area contributed by atoms with Gasteiger partial charge in [-0.25, -0.2) is 4.79 Å². The molecule has 1 fully saturated rings. The Morgan fingerprint density at radius 1 is 0.933 bits per heavy atom. The molecule has 4 amide bonds. The van der Waals surface area contributed by atoms with Gasteiger partial charge in [-0.1, -0.05) is 64.1 Å². The van der Waals surface area contributed by atoms with Gasteiger partial charge in [0.25, 0.3) is 0 Å². The first-order valence-corrected chi connectivity index (χ1v) is 16.1. The van der Waals surface area contributed by atoms with Crippen molar-refractivity contribution in [1.82, 2.24) is 21.3 Å². The standard InChI is InChI=1S/C30H39N5O7S2.H2O/c1-29(2)23(34-25(38)20(31)14-18-10-12-19(36)13-11-18)27(40)32-16-22(37)33-21(15-17-8-6-5-7-9-17)26(39)35-24(28(41)42)30(3,4)44-43-29;/h5-13,20-21,23-24,36H,14-16,31H2,1-4H3,(H,32,40)(H,33,37)(H,34,38)(H,35,39)(H,41,42);1H2/t20-,21-,23-,24-;/m0./s1. The molecule has 0 aromatic heterocycles. The fraction of sp³-hybridized carbons (Fsp3) is 0.433. The van der Waals surface area contributed by atoms with Crippen molar-refractivity contribution < 1.29 is 39.7 Å². The molecule has 0 radical (unpaired) electrons. The van der Waals surface area contributed by atoms with Gasteiger partial charge < -0.3 is 42.7 Å². The zero-order valence-electron chi connectivity index (χ0n) is 25.5. The third-order valence-corrected chi connectivity index (χ3v) is 11.3. The van der Waals surface area contributed by atoms with Crippen molar-refractivity contribution in [3.63, 3.8) is 0 Å². The van der Waals surface area contributed by atoms with Gasteiger partial charge in [-0.3, -0.25) is 19.2 Å². The predicted molar refractivity (Wildman–Crippen MR) is 173 cm³/mol. The Bertz CT molecular complexity index is 1360. The highest BCUT2D eigenvalue weighted by Gasteiger charge is 2.44. The summed E-state index contributed by atoms with van der Waals surface area (Å²) in [7, 11) is 2.32. The van der Waals surface area contributed by atoms with E-state index in [4.69, 9.17) is 5.73 Å². The van der Waals surface area contributed by atoms with Crippen LogP contribution in [0.3, 0.4) is 0 Å². The molecule has 15 heteroatoms. The number of rotatable bonds is 7. The Balaban J connectivity index is 0.00000705. The van der Waals surface area contributed by atoms with Gasteiger partial charge in [0.15, 0.2) is 0 Å². The number of carboxylic acids is 1. The summed E-state index contributed by atoms with van der Waals surface area (Å²) in [5.41, 5.74) is 7.61. The van der Waals surface area contributed by atoms with Crippen LogP contribution in [0.15, 0.2) is 54.6 Å². The number of phenols is 1. The Labute approximate surface area is 269 Å². The predicted octanol–water partition coefficient (Wildman–Crippen LogP) is 0.287. The first-order chi connectivity index (χ1) is 20.6. The van der Waals surface area contributed by atoms with E-state index < -0.39 is 69.8 Å². The molecule has 0 aliphatic carbocycles. The normalized spacial score (nSPS) is 22.7. The van der Waals surface area contributed by atoms with Crippen molar-refractivity contribution in [3.05, 3.63) is 65.7 Å². The van der Waals surface area contributed by atoms with Crippen LogP contribution in [0.1, 0.15) is 38.8 Å². The van der Waals surface area contributed by atoms with Gasteiger partial charge in [0.2, 0.25) is 23.6 Å². The van der Waals surface area contributed by atoms with E-state index in [0.29, 0.717) is 5.56 Å². The molecule has 2 aromatic carbocycles. The molecule has 13 nitrogen and oxygen atoms in total. The molecule has 4 atom stereocenters. The topological polar surface area (TPSA) is 231 Å². The second-order valence-corrected chi connectivity index (χ2v) is 15.0. The van der Waals surface area contributed by atoms with Crippen LogP contribution in [0.25, 0.3) is 0 Å². The number of hydrogen-bond acceptors (Lipinski definition) is 9. The van der Waals surface area contributed by atoms with Crippen LogP contribution in [0.5, 0.6) is 5.75 Å². The van der Waals surface area contributed by atoms with Crippen LogP contribution in [-0.2, 0) is 36.8 Å². The third-order valence-electron chi connectivity index (χ3n) is 7.03. The molecular weight excluding hydrogens is 622 g/mol. The van der Waals surface area contributed by atoms with E-state index in [1.807, 2.05) is 0 Å². The highest BCUT2D eigenvalue weighted by Crippen LogP contribution is 2.46. The second kappa shape index (κ2) is 16.0. The Morgan fingerprint density at radius 3 is 2.13 bits per heavy atom. The lowest BCUT2D eigenvalue weighted by Gasteiger charge is -2.38. The van der Waals surface area contributed by atoms with Crippen molar-refractivity contribution >= 4 is 51.2 Å². The maximum absolute atomic E-state index is 13.5. The number of carboxylic acid groups (broad SMARTS) is 1. The van der Waals surface area contributed by atoms with Crippen LogP contribution in [0.2, 0.25) is 0 Å². The van der Waals surface area contributed by atoms with Crippen molar-refractivity contribution in [2.75, 3.05) is 6.54 Å². The van der Waals surface area contributed by atoms with Gasteiger partial charge in [0.1, 0.15) is 23.9 Å². The zero-order chi connectivity index (χ0) is 32.7. The van der Waals surface area contributed by atoms with Crippen molar-refractivity contribution in [2.45, 2.75) is 74.2 Å². The van der Waals surface area contributed by atoms with Gasteiger partial charge >= 0.3 is 5.97 Å². The molecule has 246 valence electrons. The number of nitrogens with two attached hydrogens (primary N) is 1. The molecule has 0 unspecified atom stereocenters. The van der Waals surface area contributed by atoms with E-state index in [2.05, 4.69) is 21.3 Å². The minimum Gasteiger partial charge on any atom is -0.508 e. The minimum atomic E-state index is -1.36. The Morgan fingerprint density at radius 2 is 1.53 bits per heavy atom. The van der Waals surface area contributed by atoms with Gasteiger partial charge in [-0.2, -0.15) is 0 Å². The van der Waals surface area contributed by atoms with E-state index >= 15 is 0 Å². The molecule has 0 bridgehead atoms. The summed E-state index contributed by atoms with van der Waals surface area (Å²) >= 11 is 0. The molecule has 2 aromatic rings. The smallest absolute Gasteiger partial charge is 0.327 e. The lowest BCUT2D eigenvalue weighted by molar-refractivity contribution is -0.143. The van der Waals surface area contributed by atoms with Gasteiger partial charge in [0, 0.05) is 11.2 Å². The highest BCUT2D eigenvalue weighted by atomic mass is 33.1. The fourth-order valence-electron chi connectivity index (χ4n) is 4.44. The number of aliphatic carboxylic acids is 1. The van der Waals surface area contributed by atoms with Gasteiger partial charge in [0.05, 0.1) is 17.3 Å². The van der Waals surface area contributed by atoms with E-state index in [1.165, 1.54) is 22.9 Å². The van der Waals surface area contributed by atoms with E-state index in [9.17, 15) is 34.2 Å². The molecule has 45 heavy (non-hydrogen) atoms. The number of aromatic hydroxyl groups is 1. The van der Waals surface area contributed by atoms with Crippen molar-refractivity contribution in [1.29, 1.82) is 0 Å². The van der Waals surface area contributed by atoms with Crippen LogP contribution < -0.4 is 27.0 Å². The summed E-state index contributed by atoms with van der Waals surface area (Å²) in [5.74, 6) is -3.82. The molecule has 1 aliphatic heterocycles. The van der Waals surface area contributed by atoms with E-state index in [-0.39, 0.29) is 24.1 Å². The van der Waals surface area contributed by atoms with Gasteiger partial charge in [-0.15, -0.1) is 0 Å². The van der Waals surface area contributed by atoms with E-state index in [0.717, 1.165) is 16.4 Å². The Kier molecular flexibility index (Phi) is 13.3. The van der Waals surface area contributed by atoms with Gasteiger partial charge in [-0.05, 0) is 57.4 Å². The number of benzene rings is 2. The van der Waals surface area contributed by atoms with Crippen LogP contribution in [-0.4, -0.2) is 85.5 Å². The quantitative estimate of drug-likeness (QED) is 0.200. The summed E-state index contributed by atoms with van der Waals surface area (Å²) in [6.45, 7) is 6.21. The van der Waals surface area contributed by atoms with E-state index in [1.54, 1.807) is 70.2 Å². The molecule has 1 aliphatic rings. The third kappa shape index (κ3) is 10.7. The number of carbonyl (C=O) groups is 5. The lowest BCUT2D eigenvalue weighted by atomic mass is 10.00. The number of hydrogen-bond donors (Lipinski definition) is 7. The van der Waals surface area contributed by atoms with Crippen LogP contribution >= 0.6 is 21.6 Å². The number of nitrogens with one attached hydrogen (secondary N) is 4. The molecule has 1 saturated heterocycles. The summed E-state index contributed by atoms with van der Waals surface area (Å²) in [6.07, 6.45) is 0.229. The maximum Gasteiger partial charge on any atom is 0.327 e. The highest BCUT2D eigenvalue weighted by molar-refractivity contribution is 8.77. The molecule has 1 heterocycles. The zero-order valence-corrected chi connectivity index (χ0v) is 27.1. The first kappa shape index (κ1) is 37.4. The number of carbonyl (C=O) groups excluding carboxylic acids is 4. The number of amides is 4.